The third kappa shape index (κ3) is 15.7. The van der Waals surface area contributed by atoms with E-state index in [1.54, 1.807) is 63.5 Å². The van der Waals surface area contributed by atoms with Gasteiger partial charge in [-0.2, -0.15) is 0 Å². The maximum atomic E-state index is 16.6. The quantitative estimate of drug-likeness (QED) is 0.0848. The van der Waals surface area contributed by atoms with Crippen molar-refractivity contribution in [3.8, 4) is 0 Å². The van der Waals surface area contributed by atoms with Crippen molar-refractivity contribution < 1.29 is 51.4 Å². The molecule has 3 aromatic carbocycles. The van der Waals surface area contributed by atoms with Gasteiger partial charge in [0, 0.05) is 87.7 Å². The summed E-state index contributed by atoms with van der Waals surface area (Å²) < 4.78 is 62.9. The van der Waals surface area contributed by atoms with E-state index in [2.05, 4.69) is 35.4 Å². The van der Waals surface area contributed by atoms with Gasteiger partial charge in [-0.15, -0.1) is 0 Å². The minimum atomic E-state index is -1.27. The molecule has 0 spiro atoms. The van der Waals surface area contributed by atoms with Gasteiger partial charge >= 0.3 is 12.2 Å². The van der Waals surface area contributed by atoms with Crippen LogP contribution in [-0.4, -0.2) is 159 Å². The number of benzene rings is 3. The lowest BCUT2D eigenvalue weighted by Crippen LogP contribution is -2.64. The standard InChI is InChI=1S/C62H78ClF3N10O8/c1-60(2,3)83-58(80)71-62(24-33-73(34-25-62)55-49-18-26-67-54(49)68-39-69-55)57(79)70-51(40-12-15-43(63)16-13-40)23-30-72-28-19-45(20-29-72)82-46-21-31-74(32-22-46)56(78)48-11-7-10-47(53(48)66)41-9-8-27-75(36-41)52(77)38-76(59(81)84-61(4,5)6)37-42-14-17-44(64)35-50(42)65/h7,10-18,26,35,39,41,45-46,51H,8-9,19-25,27-34,36-38H2,1-6H3,(H,70,79)(H,71,80)(H,67,68,69)/t41?,51-/m0/s1. The molecule has 3 N–H and O–H groups in total. The molecule has 5 aromatic rings. The zero-order chi connectivity index (χ0) is 59.9. The monoisotopic (exact) mass is 1180 g/mol. The highest BCUT2D eigenvalue weighted by Crippen LogP contribution is 2.34. The molecular weight excluding hydrogens is 1110 g/mol. The van der Waals surface area contributed by atoms with Gasteiger partial charge in [0.15, 0.2) is 0 Å². The lowest BCUT2D eigenvalue weighted by atomic mass is 9.85. The highest BCUT2D eigenvalue weighted by atomic mass is 35.5. The largest absolute Gasteiger partial charge is 0.444 e. The number of amides is 5. The molecule has 4 saturated heterocycles. The summed E-state index contributed by atoms with van der Waals surface area (Å²) in [5.74, 6) is -3.07. The van der Waals surface area contributed by atoms with Crippen LogP contribution in [-0.2, 0) is 30.3 Å². The van der Waals surface area contributed by atoms with Crippen molar-refractivity contribution >= 4 is 58.4 Å². The second kappa shape index (κ2) is 26.5. The van der Waals surface area contributed by atoms with Crippen LogP contribution < -0.4 is 15.5 Å². The number of nitrogens with zero attached hydrogens (tertiary/aromatic N) is 7. The van der Waals surface area contributed by atoms with Gasteiger partial charge in [-0.3, -0.25) is 19.3 Å². The minimum absolute atomic E-state index is 0.0121. The number of carbonyl (C=O) groups is 5. The molecule has 18 nitrogen and oxygen atoms in total. The van der Waals surface area contributed by atoms with Gasteiger partial charge in [0.1, 0.15) is 58.5 Å². The number of aromatic amines is 1. The highest BCUT2D eigenvalue weighted by Gasteiger charge is 2.45. The van der Waals surface area contributed by atoms with Crippen LogP contribution in [0.2, 0.25) is 5.02 Å². The van der Waals surface area contributed by atoms with Crippen molar-refractivity contribution in [1.29, 1.82) is 0 Å². The molecule has 4 aliphatic rings. The van der Waals surface area contributed by atoms with Gasteiger partial charge in [0.2, 0.25) is 11.8 Å². The summed E-state index contributed by atoms with van der Waals surface area (Å²) in [5.41, 5.74) is -1.04. The third-order valence-corrected chi connectivity index (χ3v) is 16.5. The van der Waals surface area contributed by atoms with E-state index < -0.39 is 76.7 Å². The summed E-state index contributed by atoms with van der Waals surface area (Å²) in [6.07, 6.45) is 6.92. The smallest absolute Gasteiger partial charge is 0.411 e. The second-order valence-electron chi connectivity index (χ2n) is 24.6. The van der Waals surface area contributed by atoms with Crippen LogP contribution in [0.1, 0.15) is 138 Å². The van der Waals surface area contributed by atoms with Crippen molar-refractivity contribution in [3.05, 3.63) is 124 Å². The van der Waals surface area contributed by atoms with Gasteiger partial charge < -0.3 is 49.4 Å². The normalized spacial score (nSPS) is 18.7. The summed E-state index contributed by atoms with van der Waals surface area (Å²) in [6.45, 7) is 14.0. The Morgan fingerprint density at radius 3 is 2.18 bits per heavy atom. The van der Waals surface area contributed by atoms with E-state index in [0.717, 1.165) is 53.7 Å². The molecule has 452 valence electrons. The SMILES string of the molecule is CC(C)(C)OC(=O)NC1(C(=O)N[C@@H](CCN2CCC(OC3CCN(C(=O)c4cccc(C5CCCN(C(=O)CN(Cc6ccc(F)cc6F)C(=O)OC(C)(C)C)C5)c4F)CC3)CC2)c2ccc(Cl)cc2)CCN(c2ncnc3[nH]ccc23)CC1. The number of nitrogens with one attached hydrogen (secondary N) is 3. The Labute approximate surface area is 494 Å². The average molecular weight is 1180 g/mol. The number of halogens is 4. The molecule has 84 heavy (non-hydrogen) atoms. The second-order valence-corrected chi connectivity index (χ2v) is 25.1. The summed E-state index contributed by atoms with van der Waals surface area (Å²) in [5, 5.41) is 7.79. The van der Waals surface area contributed by atoms with Crippen molar-refractivity contribution in [1.82, 2.24) is 45.2 Å². The first-order valence-electron chi connectivity index (χ1n) is 29.3. The van der Waals surface area contributed by atoms with Crippen LogP contribution in [0.15, 0.2) is 79.3 Å². The highest BCUT2D eigenvalue weighted by molar-refractivity contribution is 6.30. The third-order valence-electron chi connectivity index (χ3n) is 16.2. The fourth-order valence-corrected chi connectivity index (χ4v) is 11.9. The molecule has 5 amide bonds. The number of aromatic nitrogens is 3. The van der Waals surface area contributed by atoms with Crippen LogP contribution in [0.4, 0.5) is 28.6 Å². The summed E-state index contributed by atoms with van der Waals surface area (Å²) in [6, 6.07) is 16.8. The van der Waals surface area contributed by atoms with Gasteiger partial charge in [-0.05, 0) is 141 Å². The number of carbonyl (C=O) groups excluding carboxylic acids is 5. The Bertz CT molecular complexity index is 3130. The number of hydrogen-bond donors (Lipinski definition) is 3. The summed E-state index contributed by atoms with van der Waals surface area (Å²) >= 11 is 6.34. The number of rotatable bonds is 16. The van der Waals surface area contributed by atoms with Crippen LogP contribution in [0.3, 0.4) is 0 Å². The topological polar surface area (TPSA) is 195 Å². The van der Waals surface area contributed by atoms with Crippen molar-refractivity contribution in [2.45, 2.75) is 147 Å². The Hall–Kier alpha value is -6.97. The van der Waals surface area contributed by atoms with Crippen molar-refractivity contribution in [2.24, 2.45) is 0 Å². The fraction of sp³-hybridized carbons (Fsp3) is 0.532. The molecule has 4 fully saturated rings. The molecule has 4 aliphatic heterocycles. The Kier molecular flexibility index (Phi) is 19.4. The Balaban J connectivity index is 0.760. The molecule has 2 aromatic heterocycles. The molecular formula is C62H78ClF3N10O8. The predicted molar refractivity (Wildman–Crippen MR) is 312 cm³/mol. The average Bonchev–Trinajstić information content (AvgIpc) is 4.05. The molecule has 0 saturated carbocycles. The first-order valence-corrected chi connectivity index (χ1v) is 29.6. The number of likely N-dealkylation sites (tertiary alicyclic amines) is 3. The maximum Gasteiger partial charge on any atom is 0.411 e. The number of fused-ring (bicyclic) bond motifs is 1. The lowest BCUT2D eigenvalue weighted by Gasteiger charge is -2.42. The van der Waals surface area contributed by atoms with E-state index in [1.165, 1.54) is 18.5 Å². The van der Waals surface area contributed by atoms with Crippen LogP contribution in [0, 0.1) is 17.5 Å². The molecule has 0 bridgehead atoms. The van der Waals surface area contributed by atoms with Crippen LogP contribution >= 0.6 is 11.6 Å². The van der Waals surface area contributed by atoms with E-state index in [9.17, 15) is 32.8 Å². The zero-order valence-corrected chi connectivity index (χ0v) is 49.6. The van der Waals surface area contributed by atoms with Gasteiger partial charge in [-0.25, -0.2) is 32.7 Å². The fourth-order valence-electron chi connectivity index (χ4n) is 11.8. The van der Waals surface area contributed by atoms with Crippen molar-refractivity contribution in [3.63, 3.8) is 0 Å². The number of anilines is 1. The van der Waals surface area contributed by atoms with Gasteiger partial charge in [-0.1, -0.05) is 41.9 Å². The molecule has 22 heteroatoms. The van der Waals surface area contributed by atoms with Gasteiger partial charge in [0.05, 0.1) is 35.7 Å². The zero-order valence-electron chi connectivity index (χ0n) is 48.9. The number of piperidine rings is 4. The first-order chi connectivity index (χ1) is 40.0. The van der Waals surface area contributed by atoms with Crippen LogP contribution in [0.25, 0.3) is 11.0 Å². The number of H-pyrrole nitrogens is 1. The summed E-state index contributed by atoms with van der Waals surface area (Å²) in [4.78, 5) is 90.2. The predicted octanol–water partition coefficient (Wildman–Crippen LogP) is 10.1. The number of hydrogen-bond acceptors (Lipinski definition) is 12. The van der Waals surface area contributed by atoms with E-state index >= 15 is 4.39 Å². The summed E-state index contributed by atoms with van der Waals surface area (Å²) in [7, 11) is 0. The number of ether oxygens (including phenoxy) is 3. The van der Waals surface area contributed by atoms with Crippen molar-refractivity contribution in [2.75, 3.05) is 70.3 Å². The molecule has 1 unspecified atom stereocenters. The van der Waals surface area contributed by atoms with E-state index in [4.69, 9.17) is 25.8 Å². The molecule has 0 aliphatic carbocycles. The molecule has 2 atom stereocenters. The van der Waals surface area contributed by atoms with Gasteiger partial charge in [0.25, 0.3) is 5.91 Å². The lowest BCUT2D eigenvalue weighted by molar-refractivity contribution is -0.133. The Morgan fingerprint density at radius 2 is 1.50 bits per heavy atom. The molecule has 6 heterocycles. The van der Waals surface area contributed by atoms with Crippen LogP contribution in [0.5, 0.6) is 0 Å². The Morgan fingerprint density at radius 1 is 0.810 bits per heavy atom. The molecule has 9 rings (SSSR count). The van der Waals surface area contributed by atoms with E-state index in [-0.39, 0.29) is 42.3 Å². The first kappa shape index (κ1) is 61.6. The maximum absolute atomic E-state index is 16.6. The molecule has 0 radical (unpaired) electrons. The number of alkyl carbamates (subject to hydrolysis) is 1. The van der Waals surface area contributed by atoms with E-state index in [0.29, 0.717) is 107 Å². The van der Waals surface area contributed by atoms with E-state index in [1.807, 2.05) is 36.5 Å². The minimum Gasteiger partial charge on any atom is -0.444 e.